The number of rotatable bonds is 3. The van der Waals surface area contributed by atoms with Gasteiger partial charge in [0.25, 0.3) is 0 Å². The Morgan fingerprint density at radius 2 is 2.30 bits per heavy atom. The second-order valence-corrected chi connectivity index (χ2v) is 8.06. The van der Waals surface area contributed by atoms with Gasteiger partial charge < -0.3 is 15.4 Å². The predicted molar refractivity (Wildman–Crippen MR) is 92.7 cm³/mol. The molecule has 23 heavy (non-hydrogen) atoms. The summed E-state index contributed by atoms with van der Waals surface area (Å²) in [6.45, 7) is 3.70. The van der Waals surface area contributed by atoms with Crippen LogP contribution in [0.5, 0.6) is 0 Å². The zero-order chi connectivity index (χ0) is 15.9. The van der Waals surface area contributed by atoms with E-state index in [1.807, 2.05) is 14.0 Å². The molecule has 3 unspecified atom stereocenters. The molecule has 2 N–H and O–H groups in total. The third-order valence-electron chi connectivity index (χ3n) is 5.88. The number of nitrogens with one attached hydrogen (secondary N) is 2. The number of aromatic nitrogens is 1. The van der Waals surface area contributed by atoms with E-state index in [1.54, 1.807) is 11.3 Å². The van der Waals surface area contributed by atoms with E-state index in [9.17, 15) is 0 Å². The van der Waals surface area contributed by atoms with Crippen LogP contribution in [-0.2, 0) is 11.3 Å². The van der Waals surface area contributed by atoms with Crippen LogP contribution >= 0.6 is 11.3 Å². The van der Waals surface area contributed by atoms with Gasteiger partial charge in [0.2, 0.25) is 0 Å². The Morgan fingerprint density at radius 3 is 3.00 bits per heavy atom. The van der Waals surface area contributed by atoms with E-state index in [0.29, 0.717) is 23.5 Å². The summed E-state index contributed by atoms with van der Waals surface area (Å²) in [5, 5.41) is 10.3. The Balaban J connectivity index is 1.41. The van der Waals surface area contributed by atoms with E-state index in [4.69, 9.17) is 4.74 Å². The van der Waals surface area contributed by atoms with Crippen molar-refractivity contribution in [2.24, 2.45) is 16.3 Å². The van der Waals surface area contributed by atoms with Crippen molar-refractivity contribution in [3.63, 3.8) is 0 Å². The lowest BCUT2D eigenvalue weighted by Gasteiger charge is -2.57. The maximum atomic E-state index is 6.06. The first-order chi connectivity index (χ1) is 11.2. The van der Waals surface area contributed by atoms with Gasteiger partial charge in [-0.25, -0.2) is 4.98 Å². The fraction of sp³-hybridized carbons (Fsp3) is 0.765. The number of nitrogens with zero attached hydrogens (tertiary/aromatic N) is 2. The molecule has 4 rings (SSSR count). The third kappa shape index (κ3) is 2.56. The van der Waals surface area contributed by atoms with Gasteiger partial charge in [0.15, 0.2) is 5.96 Å². The van der Waals surface area contributed by atoms with Crippen LogP contribution in [0.4, 0.5) is 0 Å². The lowest BCUT2D eigenvalue weighted by atomic mass is 9.54. The van der Waals surface area contributed by atoms with Gasteiger partial charge in [-0.05, 0) is 26.2 Å². The molecule has 0 amide bonds. The molecule has 0 radical (unpaired) electrons. The number of aryl methyl sites for hydroxylation is 1. The summed E-state index contributed by atoms with van der Waals surface area (Å²) in [6, 6.07) is 0.515. The van der Waals surface area contributed by atoms with Gasteiger partial charge in [-0.1, -0.05) is 12.8 Å². The van der Waals surface area contributed by atoms with Crippen molar-refractivity contribution >= 4 is 17.3 Å². The smallest absolute Gasteiger partial charge is 0.191 e. The summed E-state index contributed by atoms with van der Waals surface area (Å²) in [4.78, 5) is 8.94. The quantitative estimate of drug-likeness (QED) is 0.658. The Morgan fingerprint density at radius 1 is 1.48 bits per heavy atom. The number of guanidine groups is 1. The molecule has 126 valence electrons. The van der Waals surface area contributed by atoms with E-state index in [-0.39, 0.29) is 0 Å². The topological polar surface area (TPSA) is 58.5 Å². The molecule has 3 aliphatic rings. The molecule has 0 aromatic carbocycles. The Labute approximate surface area is 141 Å². The molecule has 3 atom stereocenters. The third-order valence-corrected chi connectivity index (χ3v) is 6.84. The summed E-state index contributed by atoms with van der Waals surface area (Å²) in [5.41, 5.74) is 1.45. The van der Waals surface area contributed by atoms with Crippen LogP contribution in [0.1, 0.15) is 42.8 Å². The van der Waals surface area contributed by atoms with Crippen LogP contribution in [0.15, 0.2) is 10.4 Å². The van der Waals surface area contributed by atoms with Gasteiger partial charge in [-0.2, -0.15) is 0 Å². The van der Waals surface area contributed by atoms with Gasteiger partial charge in [-0.3, -0.25) is 4.99 Å². The van der Waals surface area contributed by atoms with Crippen LogP contribution in [0.2, 0.25) is 0 Å². The minimum atomic E-state index is 0.358. The molecule has 0 bridgehead atoms. The highest BCUT2D eigenvalue weighted by molar-refractivity contribution is 7.09. The van der Waals surface area contributed by atoms with Gasteiger partial charge in [-0.15, -0.1) is 11.3 Å². The number of hydrogen-bond donors (Lipinski definition) is 2. The van der Waals surface area contributed by atoms with Crippen molar-refractivity contribution in [1.82, 2.24) is 15.6 Å². The largest absolute Gasteiger partial charge is 0.377 e. The molecule has 1 aliphatic heterocycles. The lowest BCUT2D eigenvalue weighted by molar-refractivity contribution is -0.125. The van der Waals surface area contributed by atoms with E-state index in [1.165, 1.54) is 32.1 Å². The van der Waals surface area contributed by atoms with Crippen molar-refractivity contribution in [3.8, 4) is 0 Å². The SMILES string of the molecule is CN=C(NCc1nc(C)cs1)NC1C2CCOC2C12CCCC2. The van der Waals surface area contributed by atoms with Gasteiger partial charge in [0, 0.05) is 42.1 Å². The highest BCUT2D eigenvalue weighted by Crippen LogP contribution is 2.60. The lowest BCUT2D eigenvalue weighted by Crippen LogP contribution is -2.69. The van der Waals surface area contributed by atoms with E-state index in [0.717, 1.165) is 29.8 Å². The normalized spacial score (nSPS) is 31.9. The van der Waals surface area contributed by atoms with Crippen molar-refractivity contribution in [2.45, 2.75) is 57.7 Å². The predicted octanol–water partition coefficient (Wildman–Crippen LogP) is 2.46. The standard InChI is InChI=1S/C17H26N4OS/c1-11-10-23-13(20-11)9-19-16(18-2)21-14-12-5-8-22-15(12)17(14)6-3-4-7-17/h10,12,14-15H,3-9H2,1-2H3,(H2,18,19,21). The molecule has 2 saturated carbocycles. The molecule has 5 nitrogen and oxygen atoms in total. The zero-order valence-electron chi connectivity index (χ0n) is 14.0. The summed E-state index contributed by atoms with van der Waals surface area (Å²) < 4.78 is 6.06. The molecule has 6 heteroatoms. The summed E-state index contributed by atoms with van der Waals surface area (Å²) in [7, 11) is 1.85. The van der Waals surface area contributed by atoms with Gasteiger partial charge in [0.05, 0.1) is 12.6 Å². The average molecular weight is 334 g/mol. The number of thiazole rings is 1. The van der Waals surface area contributed by atoms with Crippen LogP contribution < -0.4 is 10.6 Å². The van der Waals surface area contributed by atoms with E-state index < -0.39 is 0 Å². The summed E-state index contributed by atoms with van der Waals surface area (Å²) in [6.07, 6.45) is 6.96. The van der Waals surface area contributed by atoms with Crippen molar-refractivity contribution in [3.05, 3.63) is 16.1 Å². The average Bonchev–Trinajstić information content (AvgIpc) is 3.26. The Hall–Kier alpha value is -1.14. The molecule has 3 fully saturated rings. The van der Waals surface area contributed by atoms with Crippen molar-refractivity contribution in [1.29, 1.82) is 0 Å². The number of ether oxygens (including phenoxy) is 1. The monoisotopic (exact) mass is 334 g/mol. The number of aliphatic imine (C=N–C) groups is 1. The van der Waals surface area contributed by atoms with Crippen LogP contribution in [-0.4, -0.2) is 36.7 Å². The molecule has 2 heterocycles. The summed E-state index contributed by atoms with van der Waals surface area (Å²) >= 11 is 1.70. The number of hydrogen-bond acceptors (Lipinski definition) is 4. The summed E-state index contributed by atoms with van der Waals surface area (Å²) in [5.74, 6) is 1.56. The molecular formula is C17H26N4OS. The van der Waals surface area contributed by atoms with Crippen LogP contribution in [0.3, 0.4) is 0 Å². The van der Waals surface area contributed by atoms with Crippen LogP contribution in [0, 0.1) is 18.3 Å². The number of fused-ring (bicyclic) bond motifs is 2. The molecule has 1 saturated heterocycles. The second kappa shape index (κ2) is 6.06. The fourth-order valence-corrected chi connectivity index (χ4v) is 5.60. The van der Waals surface area contributed by atoms with Crippen molar-refractivity contribution < 1.29 is 4.74 Å². The highest BCUT2D eigenvalue weighted by atomic mass is 32.1. The highest BCUT2D eigenvalue weighted by Gasteiger charge is 2.65. The van der Waals surface area contributed by atoms with E-state index in [2.05, 4.69) is 26.0 Å². The Bertz CT molecular complexity index is 593. The molecule has 2 aliphatic carbocycles. The van der Waals surface area contributed by atoms with Gasteiger partial charge >= 0.3 is 0 Å². The van der Waals surface area contributed by atoms with Gasteiger partial charge in [0.1, 0.15) is 5.01 Å². The second-order valence-electron chi connectivity index (χ2n) is 7.11. The van der Waals surface area contributed by atoms with Crippen molar-refractivity contribution in [2.75, 3.05) is 13.7 Å². The minimum Gasteiger partial charge on any atom is -0.377 e. The molecule has 1 aromatic heterocycles. The van der Waals surface area contributed by atoms with Crippen LogP contribution in [0.25, 0.3) is 0 Å². The van der Waals surface area contributed by atoms with E-state index >= 15 is 0 Å². The molecule has 1 spiro atoms. The first-order valence-electron chi connectivity index (χ1n) is 8.73. The first kappa shape index (κ1) is 15.4. The minimum absolute atomic E-state index is 0.358. The molecular weight excluding hydrogens is 308 g/mol. The molecule has 1 aromatic rings. The Kier molecular flexibility index (Phi) is 4.05. The first-order valence-corrected chi connectivity index (χ1v) is 9.61. The zero-order valence-corrected chi connectivity index (χ0v) is 14.8. The maximum Gasteiger partial charge on any atom is 0.191 e. The maximum absolute atomic E-state index is 6.06. The fourth-order valence-electron chi connectivity index (χ4n) is 4.89.